The molecule has 1 saturated heterocycles. The highest BCUT2D eigenvalue weighted by Crippen LogP contribution is 2.18. The Kier molecular flexibility index (Phi) is 10.5. The minimum absolute atomic E-state index is 0.0291. The third-order valence-electron chi connectivity index (χ3n) is 4.33. The number of hydrogen-bond acceptors (Lipinski definition) is 5. The lowest BCUT2D eigenvalue weighted by Crippen LogP contribution is -2.38. The fraction of sp³-hybridized carbons (Fsp3) is 0.667. The van der Waals surface area contributed by atoms with Crippen molar-refractivity contribution in [3.63, 3.8) is 0 Å². The Morgan fingerprint density at radius 3 is 2.71 bits per heavy atom. The second kappa shape index (κ2) is 13.2. The minimum atomic E-state index is -0.0291. The van der Waals surface area contributed by atoms with Crippen molar-refractivity contribution in [3.8, 4) is 11.5 Å². The number of guanidine groups is 1. The van der Waals surface area contributed by atoms with Gasteiger partial charge in [0.1, 0.15) is 17.6 Å². The molecule has 1 aromatic carbocycles. The highest BCUT2D eigenvalue weighted by molar-refractivity contribution is 5.79. The first-order chi connectivity index (χ1) is 13.7. The Bertz CT molecular complexity index is 559. The van der Waals surface area contributed by atoms with Crippen molar-refractivity contribution in [1.29, 1.82) is 0 Å². The molecule has 0 bridgehead atoms. The number of nitrogens with zero attached hydrogens (tertiary/aromatic N) is 1. The molecule has 2 rings (SSSR count). The SMILES string of the molecule is CCNC(=NCC(C)Oc1ccc(OC)cc1)NCCCOCC1CCCO1. The molecule has 0 saturated carbocycles. The maximum Gasteiger partial charge on any atom is 0.191 e. The minimum Gasteiger partial charge on any atom is -0.497 e. The third-order valence-corrected chi connectivity index (χ3v) is 4.33. The zero-order valence-corrected chi connectivity index (χ0v) is 17.4. The third kappa shape index (κ3) is 8.80. The molecule has 0 aliphatic carbocycles. The number of methoxy groups -OCH3 is 1. The van der Waals surface area contributed by atoms with Gasteiger partial charge in [-0.25, -0.2) is 4.99 Å². The summed E-state index contributed by atoms with van der Waals surface area (Å²) in [6.07, 6.45) is 3.46. The predicted molar refractivity (Wildman–Crippen MR) is 111 cm³/mol. The lowest BCUT2D eigenvalue weighted by molar-refractivity contribution is 0.0168. The Hall–Kier alpha value is -1.99. The van der Waals surface area contributed by atoms with Gasteiger partial charge in [-0.2, -0.15) is 0 Å². The summed E-state index contributed by atoms with van der Waals surface area (Å²) < 4.78 is 22.3. The molecule has 1 aliphatic heterocycles. The maximum atomic E-state index is 5.90. The fourth-order valence-corrected chi connectivity index (χ4v) is 2.86. The molecule has 7 heteroatoms. The van der Waals surface area contributed by atoms with Gasteiger partial charge < -0.3 is 29.6 Å². The van der Waals surface area contributed by atoms with Gasteiger partial charge in [-0.15, -0.1) is 0 Å². The van der Waals surface area contributed by atoms with Crippen LogP contribution in [0.2, 0.25) is 0 Å². The Labute approximate surface area is 168 Å². The molecule has 0 amide bonds. The fourth-order valence-electron chi connectivity index (χ4n) is 2.86. The van der Waals surface area contributed by atoms with Crippen molar-refractivity contribution >= 4 is 5.96 Å². The summed E-state index contributed by atoms with van der Waals surface area (Å²) in [5, 5.41) is 6.60. The molecular weight excluding hydrogens is 358 g/mol. The lowest BCUT2D eigenvalue weighted by atomic mass is 10.2. The summed E-state index contributed by atoms with van der Waals surface area (Å²) in [4.78, 5) is 4.61. The van der Waals surface area contributed by atoms with Gasteiger partial charge in [-0.1, -0.05) is 0 Å². The molecule has 1 fully saturated rings. The van der Waals surface area contributed by atoms with Crippen LogP contribution in [0.1, 0.15) is 33.1 Å². The van der Waals surface area contributed by atoms with Gasteiger partial charge in [-0.05, 0) is 57.4 Å². The second-order valence-corrected chi connectivity index (χ2v) is 6.81. The highest BCUT2D eigenvalue weighted by atomic mass is 16.5. The van der Waals surface area contributed by atoms with E-state index in [9.17, 15) is 0 Å². The van der Waals surface area contributed by atoms with Crippen molar-refractivity contribution in [2.24, 2.45) is 4.99 Å². The average Bonchev–Trinajstić information content (AvgIpc) is 3.22. The number of hydrogen-bond donors (Lipinski definition) is 2. The average molecular weight is 394 g/mol. The first-order valence-corrected chi connectivity index (χ1v) is 10.2. The van der Waals surface area contributed by atoms with Crippen LogP contribution in [-0.2, 0) is 9.47 Å². The van der Waals surface area contributed by atoms with E-state index in [1.165, 1.54) is 0 Å². The van der Waals surface area contributed by atoms with Crippen LogP contribution in [0.3, 0.4) is 0 Å². The Morgan fingerprint density at radius 1 is 1.25 bits per heavy atom. The Balaban J connectivity index is 1.63. The van der Waals surface area contributed by atoms with Gasteiger partial charge in [0.25, 0.3) is 0 Å². The van der Waals surface area contributed by atoms with Crippen molar-refractivity contribution in [1.82, 2.24) is 10.6 Å². The van der Waals surface area contributed by atoms with E-state index < -0.39 is 0 Å². The van der Waals surface area contributed by atoms with Crippen LogP contribution in [0, 0.1) is 0 Å². The predicted octanol–water partition coefficient (Wildman–Crippen LogP) is 2.60. The zero-order valence-electron chi connectivity index (χ0n) is 17.4. The zero-order chi connectivity index (χ0) is 20.0. The quantitative estimate of drug-likeness (QED) is 0.323. The molecule has 28 heavy (non-hydrogen) atoms. The van der Waals surface area contributed by atoms with E-state index >= 15 is 0 Å². The molecule has 7 nitrogen and oxygen atoms in total. The number of nitrogens with one attached hydrogen (secondary N) is 2. The van der Waals surface area contributed by atoms with Crippen LogP contribution < -0.4 is 20.1 Å². The van der Waals surface area contributed by atoms with Crippen LogP contribution in [0.15, 0.2) is 29.3 Å². The second-order valence-electron chi connectivity index (χ2n) is 6.81. The molecule has 2 unspecified atom stereocenters. The molecule has 1 heterocycles. The molecule has 1 aliphatic rings. The first kappa shape index (κ1) is 22.3. The van der Waals surface area contributed by atoms with E-state index in [4.69, 9.17) is 18.9 Å². The monoisotopic (exact) mass is 393 g/mol. The number of ether oxygens (including phenoxy) is 4. The topological polar surface area (TPSA) is 73.3 Å². The van der Waals surface area contributed by atoms with E-state index in [0.29, 0.717) is 19.3 Å². The molecule has 2 N–H and O–H groups in total. The summed E-state index contributed by atoms with van der Waals surface area (Å²) in [5.41, 5.74) is 0. The van der Waals surface area contributed by atoms with Crippen molar-refractivity contribution < 1.29 is 18.9 Å². The smallest absolute Gasteiger partial charge is 0.191 e. The molecule has 1 aromatic rings. The number of aliphatic imine (C=N–C) groups is 1. The largest absolute Gasteiger partial charge is 0.497 e. The van der Waals surface area contributed by atoms with Crippen LogP contribution >= 0.6 is 0 Å². The molecule has 0 spiro atoms. The molecule has 158 valence electrons. The standard InChI is InChI=1S/C21H35N3O4/c1-4-22-21(23-12-6-13-26-16-20-7-5-14-27-20)24-15-17(2)28-19-10-8-18(25-3)9-11-19/h8-11,17,20H,4-7,12-16H2,1-3H3,(H2,22,23,24). The van der Waals surface area contributed by atoms with E-state index in [2.05, 4.69) is 22.5 Å². The summed E-state index contributed by atoms with van der Waals surface area (Å²) in [7, 11) is 1.65. The molecule has 2 atom stereocenters. The Morgan fingerprint density at radius 2 is 2.04 bits per heavy atom. The summed E-state index contributed by atoms with van der Waals surface area (Å²) in [6.45, 7) is 8.56. The maximum absolute atomic E-state index is 5.90. The summed E-state index contributed by atoms with van der Waals surface area (Å²) in [5.74, 6) is 2.42. The number of rotatable bonds is 12. The molecule has 0 radical (unpaired) electrons. The molecule has 0 aromatic heterocycles. The van der Waals surface area contributed by atoms with E-state index in [1.54, 1.807) is 7.11 Å². The van der Waals surface area contributed by atoms with Crippen molar-refractivity contribution in [3.05, 3.63) is 24.3 Å². The van der Waals surface area contributed by atoms with Gasteiger partial charge in [0.15, 0.2) is 5.96 Å². The summed E-state index contributed by atoms with van der Waals surface area (Å²) in [6, 6.07) is 7.58. The van der Waals surface area contributed by atoms with Crippen LogP contribution in [0.4, 0.5) is 0 Å². The normalized spacial score (nSPS) is 18.0. The van der Waals surface area contributed by atoms with E-state index in [1.807, 2.05) is 31.2 Å². The lowest BCUT2D eigenvalue weighted by Gasteiger charge is -2.15. The first-order valence-electron chi connectivity index (χ1n) is 10.2. The van der Waals surface area contributed by atoms with Gasteiger partial charge in [0.05, 0.1) is 26.4 Å². The van der Waals surface area contributed by atoms with E-state index in [0.717, 1.165) is 63.0 Å². The van der Waals surface area contributed by atoms with Gasteiger partial charge >= 0.3 is 0 Å². The van der Waals surface area contributed by atoms with Crippen LogP contribution in [0.25, 0.3) is 0 Å². The summed E-state index contributed by atoms with van der Waals surface area (Å²) >= 11 is 0. The van der Waals surface area contributed by atoms with Gasteiger partial charge in [0.2, 0.25) is 0 Å². The van der Waals surface area contributed by atoms with E-state index in [-0.39, 0.29) is 6.10 Å². The van der Waals surface area contributed by atoms with Crippen molar-refractivity contribution in [2.75, 3.05) is 46.6 Å². The van der Waals surface area contributed by atoms with Crippen molar-refractivity contribution in [2.45, 2.75) is 45.3 Å². The van der Waals surface area contributed by atoms with Gasteiger partial charge in [-0.3, -0.25) is 0 Å². The van der Waals surface area contributed by atoms with Crippen LogP contribution in [-0.4, -0.2) is 64.7 Å². The molecular formula is C21H35N3O4. The number of benzene rings is 1. The van der Waals surface area contributed by atoms with Gasteiger partial charge in [0, 0.05) is 26.3 Å². The highest BCUT2D eigenvalue weighted by Gasteiger charge is 2.14. The van der Waals surface area contributed by atoms with Crippen LogP contribution in [0.5, 0.6) is 11.5 Å².